The summed E-state index contributed by atoms with van der Waals surface area (Å²) in [6, 6.07) is 8.82. The van der Waals surface area contributed by atoms with Gasteiger partial charge in [-0.3, -0.25) is 4.79 Å². The van der Waals surface area contributed by atoms with E-state index >= 15 is 0 Å². The summed E-state index contributed by atoms with van der Waals surface area (Å²) < 4.78 is 2.03. The van der Waals surface area contributed by atoms with Crippen LogP contribution in [0.1, 0.15) is 48.4 Å². The Morgan fingerprint density at radius 3 is 3.00 bits per heavy atom. The normalized spacial score (nSPS) is 23.1. The number of fused-ring (bicyclic) bond motifs is 1. The van der Waals surface area contributed by atoms with Crippen LogP contribution in [0.2, 0.25) is 0 Å². The van der Waals surface area contributed by atoms with Gasteiger partial charge in [0.15, 0.2) is 0 Å². The zero-order valence-electron chi connectivity index (χ0n) is 14.8. The second-order valence-electron chi connectivity index (χ2n) is 7.26. The fourth-order valence-electron chi connectivity index (χ4n) is 4.12. The number of hydrogen-bond acceptors (Lipinski definition) is 3. The van der Waals surface area contributed by atoms with E-state index < -0.39 is 0 Å². The van der Waals surface area contributed by atoms with Gasteiger partial charge in [-0.05, 0) is 56.7 Å². The minimum atomic E-state index is 0.0511. The third kappa shape index (κ3) is 3.21. The van der Waals surface area contributed by atoms with Crippen molar-refractivity contribution in [2.45, 2.75) is 45.1 Å². The third-order valence-electron chi connectivity index (χ3n) is 5.52. The average molecular weight is 338 g/mol. The molecule has 1 aliphatic heterocycles. The lowest BCUT2D eigenvalue weighted by Crippen LogP contribution is -2.37. The van der Waals surface area contributed by atoms with E-state index in [9.17, 15) is 4.79 Å². The van der Waals surface area contributed by atoms with E-state index in [-0.39, 0.29) is 17.9 Å². The number of benzene rings is 1. The molecule has 5 nitrogen and oxygen atoms in total. The largest absolute Gasteiger partial charge is 0.316 e. The highest BCUT2D eigenvalue weighted by atomic mass is 16.2. The van der Waals surface area contributed by atoms with E-state index in [1.165, 1.54) is 11.1 Å². The van der Waals surface area contributed by atoms with Crippen molar-refractivity contribution < 1.29 is 4.79 Å². The first kappa shape index (κ1) is 16.3. The Hall–Kier alpha value is -2.14. The first-order chi connectivity index (χ1) is 12.2. The van der Waals surface area contributed by atoms with Crippen molar-refractivity contribution in [2.75, 3.05) is 18.4 Å². The highest BCUT2D eigenvalue weighted by molar-refractivity contribution is 5.92. The van der Waals surface area contributed by atoms with E-state index in [0.717, 1.165) is 56.6 Å². The van der Waals surface area contributed by atoms with Gasteiger partial charge in [0.25, 0.3) is 0 Å². The van der Waals surface area contributed by atoms with Crippen LogP contribution in [0.15, 0.2) is 30.5 Å². The van der Waals surface area contributed by atoms with Crippen molar-refractivity contribution in [1.82, 2.24) is 15.1 Å². The Balaban J connectivity index is 1.61. The van der Waals surface area contributed by atoms with Gasteiger partial charge in [0.1, 0.15) is 5.82 Å². The molecule has 1 aromatic heterocycles. The van der Waals surface area contributed by atoms with Crippen molar-refractivity contribution in [1.29, 1.82) is 0 Å². The second kappa shape index (κ2) is 7.00. The lowest BCUT2D eigenvalue weighted by Gasteiger charge is -2.28. The SMILES string of the molecule is Cc1cnn(C2CCCc3ccccc32)c1NC(=O)C1CCCNC1. The lowest BCUT2D eigenvalue weighted by molar-refractivity contribution is -0.120. The molecule has 2 atom stereocenters. The van der Waals surface area contributed by atoms with Gasteiger partial charge in [0.05, 0.1) is 18.2 Å². The summed E-state index contributed by atoms with van der Waals surface area (Å²) >= 11 is 0. The van der Waals surface area contributed by atoms with Gasteiger partial charge in [-0.2, -0.15) is 5.10 Å². The molecule has 1 fully saturated rings. The third-order valence-corrected chi connectivity index (χ3v) is 5.52. The van der Waals surface area contributed by atoms with Crippen LogP contribution in [-0.4, -0.2) is 28.8 Å². The molecule has 25 heavy (non-hydrogen) atoms. The monoisotopic (exact) mass is 338 g/mol. The number of rotatable bonds is 3. The highest BCUT2D eigenvalue weighted by Crippen LogP contribution is 2.35. The molecular weight excluding hydrogens is 312 g/mol. The first-order valence-electron chi connectivity index (χ1n) is 9.37. The van der Waals surface area contributed by atoms with Crippen molar-refractivity contribution >= 4 is 11.7 Å². The van der Waals surface area contributed by atoms with Crippen LogP contribution in [0.3, 0.4) is 0 Å². The molecule has 1 aliphatic carbocycles. The summed E-state index contributed by atoms with van der Waals surface area (Å²) in [4.78, 5) is 12.7. The molecule has 0 saturated carbocycles. The smallest absolute Gasteiger partial charge is 0.229 e. The Kier molecular flexibility index (Phi) is 4.57. The molecule has 0 radical (unpaired) electrons. The molecule has 0 bridgehead atoms. The van der Waals surface area contributed by atoms with Crippen LogP contribution in [-0.2, 0) is 11.2 Å². The molecule has 4 rings (SSSR count). The standard InChI is InChI=1S/C20H26N4O/c1-14-12-22-24(18-10-4-7-15-6-2-3-9-17(15)18)19(14)23-20(25)16-8-5-11-21-13-16/h2-3,6,9,12,16,18,21H,4-5,7-8,10-11,13H2,1H3,(H,23,25). The number of amides is 1. The number of anilines is 1. The Morgan fingerprint density at radius 2 is 2.16 bits per heavy atom. The van der Waals surface area contributed by atoms with Crippen molar-refractivity contribution in [3.8, 4) is 0 Å². The molecule has 2 aromatic rings. The van der Waals surface area contributed by atoms with Gasteiger partial charge in [0, 0.05) is 12.1 Å². The maximum atomic E-state index is 12.7. The predicted molar refractivity (Wildman–Crippen MR) is 98.7 cm³/mol. The molecule has 1 aromatic carbocycles. The van der Waals surface area contributed by atoms with E-state index in [2.05, 4.69) is 40.0 Å². The molecule has 5 heteroatoms. The molecule has 132 valence electrons. The Bertz CT molecular complexity index is 761. The number of aryl methyl sites for hydroxylation is 2. The van der Waals surface area contributed by atoms with E-state index in [1.54, 1.807) is 0 Å². The fourth-order valence-corrected chi connectivity index (χ4v) is 4.12. The minimum Gasteiger partial charge on any atom is -0.316 e. The van der Waals surface area contributed by atoms with Crippen LogP contribution in [0.4, 0.5) is 5.82 Å². The van der Waals surface area contributed by atoms with E-state index in [0.29, 0.717) is 0 Å². The molecular formula is C20H26N4O. The maximum absolute atomic E-state index is 12.7. The van der Waals surface area contributed by atoms with Gasteiger partial charge in [-0.15, -0.1) is 0 Å². The summed E-state index contributed by atoms with van der Waals surface area (Å²) in [5.74, 6) is 1.02. The molecule has 0 spiro atoms. The van der Waals surface area contributed by atoms with Crippen molar-refractivity contribution in [2.24, 2.45) is 5.92 Å². The predicted octanol–water partition coefficient (Wildman–Crippen LogP) is 3.06. The van der Waals surface area contributed by atoms with Crippen molar-refractivity contribution in [3.05, 3.63) is 47.2 Å². The number of carbonyl (C=O) groups excluding carboxylic acids is 1. The topological polar surface area (TPSA) is 59.0 Å². The lowest BCUT2D eigenvalue weighted by atomic mass is 9.88. The van der Waals surface area contributed by atoms with Gasteiger partial charge in [0.2, 0.25) is 5.91 Å². The highest BCUT2D eigenvalue weighted by Gasteiger charge is 2.27. The maximum Gasteiger partial charge on any atom is 0.229 e. The number of nitrogens with one attached hydrogen (secondary N) is 2. The van der Waals surface area contributed by atoms with Gasteiger partial charge >= 0.3 is 0 Å². The van der Waals surface area contributed by atoms with Crippen LogP contribution in [0, 0.1) is 12.8 Å². The molecule has 2 unspecified atom stereocenters. The van der Waals surface area contributed by atoms with Crippen LogP contribution >= 0.6 is 0 Å². The molecule has 1 amide bonds. The summed E-state index contributed by atoms with van der Waals surface area (Å²) in [5, 5.41) is 11.1. The number of hydrogen-bond donors (Lipinski definition) is 2. The second-order valence-corrected chi connectivity index (χ2v) is 7.26. The number of aromatic nitrogens is 2. The quantitative estimate of drug-likeness (QED) is 0.904. The van der Waals surface area contributed by atoms with Crippen LogP contribution in [0.25, 0.3) is 0 Å². The van der Waals surface area contributed by atoms with Gasteiger partial charge < -0.3 is 10.6 Å². The van der Waals surface area contributed by atoms with Crippen molar-refractivity contribution in [3.63, 3.8) is 0 Å². The van der Waals surface area contributed by atoms with E-state index in [1.807, 2.05) is 17.8 Å². The minimum absolute atomic E-state index is 0.0511. The molecule has 1 saturated heterocycles. The first-order valence-corrected chi connectivity index (χ1v) is 9.37. The van der Waals surface area contributed by atoms with E-state index in [4.69, 9.17) is 0 Å². The summed E-state index contributed by atoms with van der Waals surface area (Å²) in [7, 11) is 0. The number of piperidine rings is 1. The van der Waals surface area contributed by atoms with Crippen LogP contribution < -0.4 is 10.6 Å². The van der Waals surface area contributed by atoms with Crippen LogP contribution in [0.5, 0.6) is 0 Å². The summed E-state index contributed by atoms with van der Waals surface area (Å²) in [5.41, 5.74) is 3.77. The van der Waals surface area contributed by atoms with Gasteiger partial charge in [-0.25, -0.2) is 4.68 Å². The number of nitrogens with zero attached hydrogens (tertiary/aromatic N) is 2. The fraction of sp³-hybridized carbons (Fsp3) is 0.500. The zero-order valence-corrected chi connectivity index (χ0v) is 14.8. The Morgan fingerprint density at radius 1 is 1.28 bits per heavy atom. The summed E-state index contributed by atoms with van der Waals surface area (Å²) in [6.45, 7) is 3.80. The Labute approximate surface area is 148 Å². The summed E-state index contributed by atoms with van der Waals surface area (Å²) in [6.07, 6.45) is 7.23. The number of carbonyl (C=O) groups is 1. The molecule has 2 N–H and O–H groups in total. The molecule has 2 heterocycles. The average Bonchev–Trinajstić information content (AvgIpc) is 3.02. The molecule has 2 aliphatic rings. The zero-order chi connectivity index (χ0) is 17.2. The van der Waals surface area contributed by atoms with Gasteiger partial charge in [-0.1, -0.05) is 24.3 Å².